The Kier molecular flexibility index (Phi) is 6.88. The average Bonchev–Trinajstić information content (AvgIpc) is 3.22. The van der Waals surface area contributed by atoms with Crippen molar-refractivity contribution in [3.8, 4) is 0 Å². The van der Waals surface area contributed by atoms with Crippen LogP contribution in [0.3, 0.4) is 0 Å². The van der Waals surface area contributed by atoms with Crippen LogP contribution >= 0.6 is 12.2 Å². The molecule has 32 heavy (non-hydrogen) atoms. The number of sulfonamides is 1. The molecule has 168 valence electrons. The molecule has 2 heterocycles. The number of hydrogen-bond donors (Lipinski definition) is 3. The van der Waals surface area contributed by atoms with Gasteiger partial charge in [0.1, 0.15) is 0 Å². The second kappa shape index (κ2) is 9.81. The summed E-state index contributed by atoms with van der Waals surface area (Å²) in [6, 6.07) is 13.2. The molecule has 1 saturated heterocycles. The fourth-order valence-corrected chi connectivity index (χ4v) is 5.50. The van der Waals surface area contributed by atoms with Crippen molar-refractivity contribution in [3.05, 3.63) is 59.8 Å². The number of piperidine rings is 1. The summed E-state index contributed by atoms with van der Waals surface area (Å²) in [6.45, 7) is 3.27. The van der Waals surface area contributed by atoms with Crippen LogP contribution in [0, 0.1) is 0 Å². The molecule has 4 rings (SSSR count). The van der Waals surface area contributed by atoms with E-state index in [9.17, 15) is 8.42 Å². The van der Waals surface area contributed by atoms with Gasteiger partial charge in [0.05, 0.1) is 11.1 Å². The average molecular weight is 470 g/mol. The summed E-state index contributed by atoms with van der Waals surface area (Å²) < 4.78 is 27.6. The van der Waals surface area contributed by atoms with Gasteiger partial charge in [-0.3, -0.25) is 5.43 Å². The summed E-state index contributed by atoms with van der Waals surface area (Å²) in [5.74, 6) is 0. The highest BCUT2D eigenvalue weighted by atomic mass is 32.2. The van der Waals surface area contributed by atoms with Crippen molar-refractivity contribution in [2.75, 3.05) is 18.4 Å². The monoisotopic (exact) mass is 469 g/mol. The molecule has 9 heteroatoms. The van der Waals surface area contributed by atoms with E-state index in [1.165, 1.54) is 5.56 Å². The predicted octanol–water partition coefficient (Wildman–Crippen LogP) is 4.23. The molecule has 0 bridgehead atoms. The number of aromatic nitrogens is 1. The topological polar surface area (TPSA) is 89.6 Å². The van der Waals surface area contributed by atoms with Crippen molar-refractivity contribution >= 4 is 50.2 Å². The summed E-state index contributed by atoms with van der Waals surface area (Å²) in [5, 5.41) is 8.47. The lowest BCUT2D eigenvalue weighted by atomic mass is 10.1. The van der Waals surface area contributed by atoms with Gasteiger partial charge < -0.3 is 10.3 Å². The zero-order valence-electron chi connectivity index (χ0n) is 18.0. The maximum Gasteiger partial charge on any atom is 0.243 e. The van der Waals surface area contributed by atoms with Crippen LogP contribution in [0.15, 0.2) is 58.7 Å². The number of hydrogen-bond acceptors (Lipinski definition) is 4. The van der Waals surface area contributed by atoms with Gasteiger partial charge in [0, 0.05) is 41.4 Å². The first-order valence-electron chi connectivity index (χ1n) is 10.8. The first kappa shape index (κ1) is 22.4. The van der Waals surface area contributed by atoms with Crippen LogP contribution < -0.4 is 10.7 Å². The molecule has 1 aliphatic heterocycles. The molecule has 3 aromatic rings. The normalized spacial score (nSPS) is 15.3. The van der Waals surface area contributed by atoms with Crippen molar-refractivity contribution in [1.82, 2.24) is 14.7 Å². The van der Waals surface area contributed by atoms with Crippen molar-refractivity contribution < 1.29 is 8.42 Å². The number of nitrogens with one attached hydrogen (secondary N) is 3. The number of H-pyrrole nitrogens is 1. The van der Waals surface area contributed by atoms with E-state index in [0.29, 0.717) is 23.1 Å². The van der Waals surface area contributed by atoms with E-state index < -0.39 is 10.0 Å². The molecule has 0 atom stereocenters. The minimum Gasteiger partial charge on any atom is -0.361 e. The van der Waals surface area contributed by atoms with Gasteiger partial charge in [-0.05, 0) is 67.4 Å². The van der Waals surface area contributed by atoms with Crippen LogP contribution in [0.25, 0.3) is 10.9 Å². The van der Waals surface area contributed by atoms with E-state index >= 15 is 0 Å². The second-order valence-corrected chi connectivity index (χ2v) is 10.1. The Morgan fingerprint density at radius 1 is 1.16 bits per heavy atom. The van der Waals surface area contributed by atoms with Crippen LogP contribution in [0.2, 0.25) is 0 Å². The number of rotatable bonds is 6. The Labute approximate surface area is 194 Å². The number of hydrazone groups is 1. The first-order valence-corrected chi connectivity index (χ1v) is 12.6. The van der Waals surface area contributed by atoms with Gasteiger partial charge in [-0.15, -0.1) is 0 Å². The molecule has 1 aromatic heterocycles. The molecule has 3 N–H and O–H groups in total. The lowest BCUT2D eigenvalue weighted by Crippen LogP contribution is -2.35. The van der Waals surface area contributed by atoms with Gasteiger partial charge >= 0.3 is 0 Å². The van der Waals surface area contributed by atoms with Gasteiger partial charge in [0.2, 0.25) is 10.0 Å². The minimum atomic E-state index is -3.49. The van der Waals surface area contributed by atoms with Crippen molar-refractivity contribution in [3.63, 3.8) is 0 Å². The Bertz CT molecular complexity index is 1230. The summed E-state index contributed by atoms with van der Waals surface area (Å²) in [5.41, 5.74) is 6.57. The standard InChI is InChI=1S/C23H27N5O2S2/c1-2-17-6-8-19(9-7-17)26-23(31)27-25-16-18-15-24-22-11-10-20(14-21(18)22)32(29,30)28-12-4-3-5-13-28/h6-11,14-16,24H,2-5,12-13H2,1H3,(H2,26,27,31)/b25-16-. The zero-order chi connectivity index (χ0) is 22.6. The summed E-state index contributed by atoms with van der Waals surface area (Å²) in [4.78, 5) is 3.47. The molecule has 0 unspecified atom stereocenters. The third-order valence-corrected chi connectivity index (χ3v) is 7.72. The molecule has 0 amide bonds. The Balaban J connectivity index is 1.46. The van der Waals surface area contributed by atoms with E-state index in [4.69, 9.17) is 12.2 Å². The maximum absolute atomic E-state index is 13.0. The number of aryl methyl sites for hydroxylation is 1. The molecule has 1 aliphatic rings. The Morgan fingerprint density at radius 2 is 1.91 bits per heavy atom. The fraction of sp³-hybridized carbons (Fsp3) is 0.304. The molecule has 7 nitrogen and oxygen atoms in total. The third-order valence-electron chi connectivity index (χ3n) is 5.63. The largest absolute Gasteiger partial charge is 0.361 e. The number of benzene rings is 2. The summed E-state index contributed by atoms with van der Waals surface area (Å²) >= 11 is 5.30. The van der Waals surface area contributed by atoms with Gasteiger partial charge in [0.15, 0.2) is 5.11 Å². The van der Waals surface area contributed by atoms with E-state index in [-0.39, 0.29) is 0 Å². The van der Waals surface area contributed by atoms with Crippen LogP contribution in [-0.4, -0.2) is 42.1 Å². The minimum absolute atomic E-state index is 0.307. The maximum atomic E-state index is 13.0. The van der Waals surface area contributed by atoms with Gasteiger partial charge in [0.25, 0.3) is 0 Å². The first-order chi connectivity index (χ1) is 15.5. The molecule has 1 fully saturated rings. The number of nitrogens with zero attached hydrogens (tertiary/aromatic N) is 2. The molecule has 0 saturated carbocycles. The van der Waals surface area contributed by atoms with E-state index in [0.717, 1.165) is 47.8 Å². The number of thiocarbonyl (C=S) groups is 1. The lowest BCUT2D eigenvalue weighted by Gasteiger charge is -2.25. The quantitative estimate of drug-likeness (QED) is 0.286. The molecule has 2 aromatic carbocycles. The molecular weight excluding hydrogens is 442 g/mol. The third kappa shape index (κ3) is 5.01. The number of anilines is 1. The number of aromatic amines is 1. The highest BCUT2D eigenvalue weighted by Crippen LogP contribution is 2.25. The highest BCUT2D eigenvalue weighted by molar-refractivity contribution is 7.89. The van der Waals surface area contributed by atoms with Crippen LogP contribution in [0.5, 0.6) is 0 Å². The SMILES string of the molecule is CCc1ccc(NC(=S)N/N=C\c2c[nH]c3ccc(S(=O)(=O)N4CCCCC4)cc23)cc1. The summed E-state index contributed by atoms with van der Waals surface area (Å²) in [7, 11) is -3.49. The lowest BCUT2D eigenvalue weighted by molar-refractivity contribution is 0.346. The fourth-order valence-electron chi connectivity index (χ4n) is 3.79. The van der Waals surface area contributed by atoms with Crippen LogP contribution in [0.4, 0.5) is 5.69 Å². The zero-order valence-corrected chi connectivity index (χ0v) is 19.6. The van der Waals surface area contributed by atoms with Crippen molar-refractivity contribution in [2.45, 2.75) is 37.5 Å². The van der Waals surface area contributed by atoms with E-state index in [1.54, 1.807) is 34.9 Å². The Hall–Kier alpha value is -2.75. The van der Waals surface area contributed by atoms with Crippen LogP contribution in [0.1, 0.15) is 37.3 Å². The van der Waals surface area contributed by atoms with Crippen molar-refractivity contribution in [1.29, 1.82) is 0 Å². The smallest absolute Gasteiger partial charge is 0.243 e. The highest BCUT2D eigenvalue weighted by Gasteiger charge is 2.26. The number of fused-ring (bicyclic) bond motifs is 1. The van der Waals surface area contributed by atoms with Crippen LogP contribution in [-0.2, 0) is 16.4 Å². The second-order valence-electron chi connectivity index (χ2n) is 7.79. The Morgan fingerprint density at radius 3 is 2.62 bits per heavy atom. The van der Waals surface area contributed by atoms with E-state index in [2.05, 4.69) is 39.9 Å². The molecule has 0 radical (unpaired) electrons. The van der Waals surface area contributed by atoms with Gasteiger partial charge in [-0.25, -0.2) is 8.42 Å². The molecule has 0 aliphatic carbocycles. The van der Waals surface area contributed by atoms with E-state index in [1.807, 2.05) is 12.1 Å². The molecule has 0 spiro atoms. The predicted molar refractivity (Wildman–Crippen MR) is 134 cm³/mol. The van der Waals surface area contributed by atoms with Gasteiger partial charge in [-0.2, -0.15) is 9.41 Å². The van der Waals surface area contributed by atoms with Gasteiger partial charge in [-0.1, -0.05) is 25.5 Å². The summed E-state index contributed by atoms with van der Waals surface area (Å²) in [6.07, 6.45) is 7.31. The van der Waals surface area contributed by atoms with Crippen molar-refractivity contribution in [2.24, 2.45) is 5.10 Å². The molecular formula is C23H27N5O2S2.